The van der Waals surface area contributed by atoms with Gasteiger partial charge in [0.15, 0.2) is 0 Å². The number of nitrogens with one attached hydrogen (secondary N) is 1. The van der Waals surface area contributed by atoms with E-state index in [-0.39, 0.29) is 21.8 Å². The van der Waals surface area contributed by atoms with Gasteiger partial charge in [0.2, 0.25) is 0 Å². The predicted molar refractivity (Wildman–Crippen MR) is 81.3 cm³/mol. The number of ether oxygens (including phenoxy) is 1. The van der Waals surface area contributed by atoms with Crippen molar-refractivity contribution in [2.24, 2.45) is 0 Å². The molecule has 1 unspecified atom stereocenters. The lowest BCUT2D eigenvalue weighted by atomic mass is 10.0. The fraction of sp³-hybridized carbons (Fsp3) is 0.471. The number of H-pyrrole nitrogens is 1. The van der Waals surface area contributed by atoms with Crippen LogP contribution in [0.5, 0.6) is 0 Å². The number of para-hydroxylation sites is 1. The molecule has 3 atom stereocenters. The van der Waals surface area contributed by atoms with Gasteiger partial charge in [0.05, 0.1) is 9.68 Å². The van der Waals surface area contributed by atoms with E-state index in [0.29, 0.717) is 0 Å². The van der Waals surface area contributed by atoms with E-state index in [4.69, 9.17) is 22.6 Å². The third-order valence-corrected chi connectivity index (χ3v) is 3.29. The summed E-state index contributed by atoms with van der Waals surface area (Å²) in [6.07, 6.45) is -18.8. The molecule has 4 rings (SSSR count). The average molecular weight is 297 g/mol. The number of benzene rings is 1. The standard InChI is InChI=1S/C17H20N2O2/c1-19-11-6-7-12(19)9-13(8-11)21-17(20)15-10-18-16-5-3-2-4-14(15)16/h2-5,10-13,18H,6-9H2,1H3/t11-,12+,13?/i3D,6D2,7D2,8D2,9D2,10D,11D,12D,13D. The molecule has 21 heavy (non-hydrogen) atoms. The monoisotopic (exact) mass is 297 g/mol. The predicted octanol–water partition coefficient (Wildman–Crippen LogP) is 2.95. The molecule has 0 spiro atoms. The molecule has 4 nitrogen and oxygen atoms in total. The van der Waals surface area contributed by atoms with Crippen molar-refractivity contribution in [3.63, 3.8) is 0 Å². The van der Waals surface area contributed by atoms with Crippen LogP contribution in [0.1, 0.15) is 53.7 Å². The lowest BCUT2D eigenvalue weighted by Crippen LogP contribution is -2.43. The Hall–Kier alpha value is -1.81. The maximum absolute atomic E-state index is 13.1. The summed E-state index contributed by atoms with van der Waals surface area (Å²) >= 11 is 0. The quantitative estimate of drug-likeness (QED) is 0.867. The van der Waals surface area contributed by atoms with Gasteiger partial charge in [0.25, 0.3) is 0 Å². The molecule has 2 bridgehead atoms. The van der Waals surface area contributed by atoms with Gasteiger partial charge in [-0.3, -0.25) is 0 Å². The minimum atomic E-state index is -3.78. The summed E-state index contributed by atoms with van der Waals surface area (Å²) in [5, 5.41) is 0.0541. The summed E-state index contributed by atoms with van der Waals surface area (Å²) < 4.78 is 113. The maximum Gasteiger partial charge on any atom is 0.340 e. The second-order valence-electron chi connectivity index (χ2n) is 4.57. The van der Waals surface area contributed by atoms with Crippen LogP contribution in [-0.2, 0) is 4.74 Å². The first kappa shape index (κ1) is 5.13. The Bertz CT molecular complexity index is 1190. The van der Waals surface area contributed by atoms with Crippen LogP contribution in [0.3, 0.4) is 0 Å². The Balaban J connectivity index is 1.94. The van der Waals surface area contributed by atoms with Crippen LogP contribution in [0.2, 0.25) is 0 Å². The van der Waals surface area contributed by atoms with Crippen LogP contribution in [0, 0.1) is 0 Å². The number of carbonyl (C=O) groups excluding carboxylic acids is 1. The molecule has 0 radical (unpaired) electrons. The van der Waals surface area contributed by atoms with Crippen LogP contribution in [0.25, 0.3) is 10.9 Å². The van der Waals surface area contributed by atoms with Crippen molar-refractivity contribution in [2.75, 3.05) is 7.05 Å². The molecule has 2 fully saturated rings. The Morgan fingerprint density at radius 2 is 2.24 bits per heavy atom. The van der Waals surface area contributed by atoms with Gasteiger partial charge in [0, 0.05) is 55.6 Å². The van der Waals surface area contributed by atoms with Crippen molar-refractivity contribution in [1.29, 1.82) is 0 Å². The zero-order valence-corrected chi connectivity index (χ0v) is 11.0. The number of rotatable bonds is 2. The number of hydrogen-bond donors (Lipinski definition) is 1. The molecule has 3 heterocycles. The number of fused-ring (bicyclic) bond motifs is 3. The van der Waals surface area contributed by atoms with E-state index in [1.807, 2.05) is 0 Å². The Morgan fingerprint density at radius 1 is 1.48 bits per heavy atom. The molecule has 1 N–H and O–H groups in total. The minimum Gasteiger partial charge on any atom is -0.459 e. The van der Waals surface area contributed by atoms with E-state index in [0.717, 1.165) is 7.05 Å². The summed E-state index contributed by atoms with van der Waals surface area (Å²) in [6, 6.07) is -2.81. The largest absolute Gasteiger partial charge is 0.459 e. The first-order valence-electron chi connectivity index (χ1n) is 12.7. The Kier molecular flexibility index (Phi) is 1.19. The van der Waals surface area contributed by atoms with Gasteiger partial charge in [0.1, 0.15) is 6.08 Å². The topological polar surface area (TPSA) is 45.3 Å². The van der Waals surface area contributed by atoms with Crippen LogP contribution >= 0.6 is 0 Å². The highest BCUT2D eigenvalue weighted by molar-refractivity contribution is 6.04. The van der Waals surface area contributed by atoms with Crippen LogP contribution < -0.4 is 0 Å². The number of piperidine rings is 1. The van der Waals surface area contributed by atoms with Gasteiger partial charge in [-0.25, -0.2) is 4.79 Å². The molecular formula is C17H20N2O2. The van der Waals surface area contributed by atoms with Crippen molar-refractivity contribution in [1.82, 2.24) is 9.88 Å². The number of esters is 1. The van der Waals surface area contributed by atoms with Gasteiger partial charge < -0.3 is 14.6 Å². The smallest absolute Gasteiger partial charge is 0.340 e. The molecule has 2 aromatic rings. The highest BCUT2D eigenvalue weighted by Crippen LogP contribution is 2.35. The highest BCUT2D eigenvalue weighted by atomic mass is 16.5. The number of nitrogens with zero attached hydrogens (tertiary/aromatic N) is 1. The molecular weight excluding hydrogens is 264 g/mol. The van der Waals surface area contributed by atoms with Crippen molar-refractivity contribution < 1.29 is 27.4 Å². The lowest BCUT2D eigenvalue weighted by molar-refractivity contribution is -0.000258. The summed E-state index contributed by atoms with van der Waals surface area (Å²) in [7, 11) is 0.819. The number of carbonyl (C=O) groups is 1. The van der Waals surface area contributed by atoms with Crippen LogP contribution in [-0.4, -0.2) is 41.0 Å². The van der Waals surface area contributed by atoms with Gasteiger partial charge >= 0.3 is 5.97 Å². The van der Waals surface area contributed by atoms with E-state index < -0.39 is 61.3 Å². The fourth-order valence-corrected chi connectivity index (χ4v) is 2.18. The zero-order chi connectivity index (χ0) is 26.1. The number of aromatic amines is 1. The van der Waals surface area contributed by atoms with E-state index in [1.165, 1.54) is 18.2 Å². The Morgan fingerprint density at radius 3 is 3.00 bits per heavy atom. The summed E-state index contributed by atoms with van der Waals surface area (Å²) in [5.74, 6) is -1.56. The van der Waals surface area contributed by atoms with Crippen molar-refractivity contribution >= 4 is 16.9 Å². The molecule has 2 aliphatic heterocycles. The molecule has 1 aromatic heterocycles. The third-order valence-electron chi connectivity index (χ3n) is 3.29. The molecule has 110 valence electrons. The first-order valence-corrected chi connectivity index (χ1v) is 6.24. The van der Waals surface area contributed by atoms with E-state index in [9.17, 15) is 4.79 Å². The van der Waals surface area contributed by atoms with E-state index in [2.05, 4.69) is 4.98 Å². The lowest BCUT2D eigenvalue weighted by Gasteiger charge is -2.35. The van der Waals surface area contributed by atoms with E-state index in [1.54, 1.807) is 0 Å². The third kappa shape index (κ3) is 2.14. The van der Waals surface area contributed by atoms with Gasteiger partial charge in [-0.15, -0.1) is 0 Å². The second-order valence-corrected chi connectivity index (χ2v) is 4.57. The maximum atomic E-state index is 13.1. The number of hydrogen-bond acceptors (Lipinski definition) is 3. The van der Waals surface area contributed by atoms with E-state index >= 15 is 0 Å². The molecule has 1 aromatic carbocycles. The first-order chi connectivity index (χ1) is 15.2. The highest BCUT2D eigenvalue weighted by Gasteiger charge is 2.40. The van der Waals surface area contributed by atoms with Gasteiger partial charge in [-0.05, 0) is 25.9 Å². The zero-order valence-electron chi connectivity index (χ0n) is 24.0. The summed E-state index contributed by atoms with van der Waals surface area (Å²) in [6.45, 7) is 0. The van der Waals surface area contributed by atoms with Crippen molar-refractivity contribution in [2.45, 2.75) is 43.6 Å². The van der Waals surface area contributed by atoms with Crippen LogP contribution in [0.4, 0.5) is 0 Å². The summed E-state index contributed by atoms with van der Waals surface area (Å²) in [5.41, 5.74) is -0.358. The fourth-order valence-electron chi connectivity index (χ4n) is 2.18. The molecule has 4 heteroatoms. The van der Waals surface area contributed by atoms with Crippen LogP contribution in [0.15, 0.2) is 30.4 Å². The number of aromatic nitrogens is 1. The molecule has 0 aliphatic carbocycles. The van der Waals surface area contributed by atoms with Crippen molar-refractivity contribution in [3.05, 3.63) is 36.0 Å². The van der Waals surface area contributed by atoms with Gasteiger partial charge in [-0.1, -0.05) is 18.2 Å². The molecule has 0 saturated carbocycles. The van der Waals surface area contributed by atoms with Crippen molar-refractivity contribution in [3.8, 4) is 0 Å². The minimum absolute atomic E-state index is 0.0435. The SMILES string of the molecule is [2H]c1ccc2c(C(=O)OC3([2H])C([2H])([2H])[C@]4([2H])N(C)[C@]([2H])(C3([2H])[2H])C([2H])([2H])C4([2H])[2H])c([2H])[nH]c2c1. The Labute approximate surface area is 142 Å². The van der Waals surface area contributed by atoms with Gasteiger partial charge in [-0.2, -0.15) is 0 Å². The summed E-state index contributed by atoms with van der Waals surface area (Å²) in [4.78, 5) is 15.9. The normalized spacial score (nSPS) is 58.0. The molecule has 2 saturated heterocycles. The molecule has 2 aliphatic rings. The second kappa shape index (κ2) is 4.88. The molecule has 0 amide bonds. The average Bonchev–Trinajstić information content (AvgIpc) is 3.07.